The van der Waals surface area contributed by atoms with Crippen molar-refractivity contribution in [1.29, 1.82) is 0 Å². The SMILES string of the molecule is Cc1cc(C(=O)N(CCC(N)=S)CC(C)C)ccc1O. The van der Waals surface area contributed by atoms with Crippen LogP contribution >= 0.6 is 12.2 Å². The molecule has 4 nitrogen and oxygen atoms in total. The van der Waals surface area contributed by atoms with E-state index >= 15 is 0 Å². The highest BCUT2D eigenvalue weighted by atomic mass is 32.1. The first kappa shape index (κ1) is 16.4. The van der Waals surface area contributed by atoms with Gasteiger partial charge in [0.2, 0.25) is 0 Å². The Labute approximate surface area is 125 Å². The van der Waals surface area contributed by atoms with Crippen LogP contribution in [0.5, 0.6) is 5.75 Å². The number of rotatable bonds is 6. The van der Waals surface area contributed by atoms with Gasteiger partial charge in [0.05, 0.1) is 4.99 Å². The number of aryl methyl sites for hydroxylation is 1. The highest BCUT2D eigenvalue weighted by Crippen LogP contribution is 2.18. The van der Waals surface area contributed by atoms with E-state index in [2.05, 4.69) is 13.8 Å². The number of phenolic OH excluding ortho intramolecular Hbond substituents is 1. The van der Waals surface area contributed by atoms with Crippen molar-refractivity contribution in [3.05, 3.63) is 29.3 Å². The van der Waals surface area contributed by atoms with Gasteiger partial charge in [-0.1, -0.05) is 26.1 Å². The molecule has 20 heavy (non-hydrogen) atoms. The van der Waals surface area contributed by atoms with Gasteiger partial charge in [0, 0.05) is 25.1 Å². The molecule has 1 aromatic rings. The molecule has 0 fully saturated rings. The van der Waals surface area contributed by atoms with E-state index in [9.17, 15) is 9.90 Å². The minimum Gasteiger partial charge on any atom is -0.508 e. The summed E-state index contributed by atoms with van der Waals surface area (Å²) in [7, 11) is 0. The number of phenols is 1. The summed E-state index contributed by atoms with van der Waals surface area (Å²) < 4.78 is 0. The molecule has 0 aliphatic heterocycles. The average Bonchev–Trinajstić information content (AvgIpc) is 2.36. The summed E-state index contributed by atoms with van der Waals surface area (Å²) in [4.78, 5) is 14.7. The molecule has 0 aromatic heterocycles. The summed E-state index contributed by atoms with van der Waals surface area (Å²) >= 11 is 4.88. The molecule has 5 heteroatoms. The minimum atomic E-state index is -0.0574. The zero-order chi connectivity index (χ0) is 15.3. The van der Waals surface area contributed by atoms with E-state index < -0.39 is 0 Å². The number of nitrogens with two attached hydrogens (primary N) is 1. The average molecular weight is 294 g/mol. The number of aromatic hydroxyl groups is 1. The Morgan fingerprint density at radius 3 is 2.60 bits per heavy atom. The highest BCUT2D eigenvalue weighted by molar-refractivity contribution is 7.80. The van der Waals surface area contributed by atoms with Gasteiger partial charge < -0.3 is 15.7 Å². The number of carbonyl (C=O) groups excluding carboxylic acids is 1. The molecule has 0 saturated heterocycles. The lowest BCUT2D eigenvalue weighted by Gasteiger charge is -2.24. The van der Waals surface area contributed by atoms with Gasteiger partial charge in [0.1, 0.15) is 5.75 Å². The second kappa shape index (κ2) is 7.24. The van der Waals surface area contributed by atoms with Gasteiger partial charge in [-0.3, -0.25) is 4.79 Å². The Balaban J connectivity index is 2.90. The maximum atomic E-state index is 12.5. The summed E-state index contributed by atoms with van der Waals surface area (Å²) in [5.41, 5.74) is 6.78. The molecule has 0 saturated carbocycles. The van der Waals surface area contributed by atoms with Crippen LogP contribution in [0.3, 0.4) is 0 Å². The van der Waals surface area contributed by atoms with Gasteiger partial charge in [0.25, 0.3) is 5.91 Å². The molecular weight excluding hydrogens is 272 g/mol. The minimum absolute atomic E-state index is 0.0574. The molecule has 1 aromatic carbocycles. The van der Waals surface area contributed by atoms with Crippen molar-refractivity contribution in [3.8, 4) is 5.75 Å². The van der Waals surface area contributed by atoms with Gasteiger partial charge in [0.15, 0.2) is 0 Å². The van der Waals surface area contributed by atoms with E-state index in [1.807, 2.05) is 0 Å². The first-order chi connectivity index (χ1) is 9.31. The highest BCUT2D eigenvalue weighted by Gasteiger charge is 2.17. The first-order valence-corrected chi connectivity index (χ1v) is 7.09. The zero-order valence-corrected chi connectivity index (χ0v) is 13.0. The predicted molar refractivity (Wildman–Crippen MR) is 85.0 cm³/mol. The maximum Gasteiger partial charge on any atom is 0.253 e. The zero-order valence-electron chi connectivity index (χ0n) is 12.2. The van der Waals surface area contributed by atoms with Crippen LogP contribution in [-0.2, 0) is 0 Å². The van der Waals surface area contributed by atoms with Crippen LogP contribution in [0, 0.1) is 12.8 Å². The standard InChI is InChI=1S/C15H22N2O2S/c1-10(2)9-17(7-6-14(16)20)15(19)12-4-5-13(18)11(3)8-12/h4-5,8,10,18H,6-7,9H2,1-3H3,(H2,16,20). The number of hydrogen-bond acceptors (Lipinski definition) is 3. The third kappa shape index (κ3) is 4.81. The molecule has 0 aliphatic rings. The van der Waals surface area contributed by atoms with E-state index in [1.54, 1.807) is 30.0 Å². The van der Waals surface area contributed by atoms with Gasteiger partial charge >= 0.3 is 0 Å². The third-order valence-corrected chi connectivity index (χ3v) is 3.15. The van der Waals surface area contributed by atoms with Gasteiger partial charge in [-0.15, -0.1) is 0 Å². The maximum absolute atomic E-state index is 12.5. The Kier molecular flexibility index (Phi) is 5.95. The molecule has 0 spiro atoms. The number of carbonyl (C=O) groups is 1. The van der Waals surface area contributed by atoms with Crippen LogP contribution in [0.2, 0.25) is 0 Å². The molecule has 110 valence electrons. The Morgan fingerprint density at radius 2 is 2.10 bits per heavy atom. The van der Waals surface area contributed by atoms with Crippen LogP contribution < -0.4 is 5.73 Å². The van der Waals surface area contributed by atoms with Crippen LogP contribution in [0.1, 0.15) is 36.2 Å². The number of nitrogens with zero attached hydrogens (tertiary/aromatic N) is 1. The van der Waals surface area contributed by atoms with Crippen molar-refractivity contribution in [2.75, 3.05) is 13.1 Å². The molecule has 0 aliphatic carbocycles. The lowest BCUT2D eigenvalue weighted by atomic mass is 10.1. The largest absolute Gasteiger partial charge is 0.508 e. The van der Waals surface area contributed by atoms with Crippen LogP contribution in [0.15, 0.2) is 18.2 Å². The number of hydrogen-bond donors (Lipinski definition) is 2. The van der Waals surface area contributed by atoms with Crippen molar-refractivity contribution >= 4 is 23.1 Å². The van der Waals surface area contributed by atoms with E-state index in [0.29, 0.717) is 41.5 Å². The summed E-state index contributed by atoms with van der Waals surface area (Å²) in [6.07, 6.45) is 0.519. The molecule has 0 radical (unpaired) electrons. The second-order valence-corrected chi connectivity index (χ2v) is 5.89. The van der Waals surface area contributed by atoms with E-state index in [-0.39, 0.29) is 11.7 Å². The van der Waals surface area contributed by atoms with E-state index in [1.165, 1.54) is 0 Å². The quantitative estimate of drug-likeness (QED) is 0.791. The molecule has 0 heterocycles. The molecule has 3 N–H and O–H groups in total. The normalized spacial score (nSPS) is 10.6. The third-order valence-electron chi connectivity index (χ3n) is 2.94. The summed E-state index contributed by atoms with van der Waals surface area (Å²) in [5.74, 6) is 0.502. The molecular formula is C15H22N2O2S. The Bertz CT molecular complexity index is 501. The van der Waals surface area contributed by atoms with E-state index in [4.69, 9.17) is 18.0 Å². The fraction of sp³-hybridized carbons (Fsp3) is 0.467. The van der Waals surface area contributed by atoms with Crippen molar-refractivity contribution < 1.29 is 9.90 Å². The molecule has 0 atom stereocenters. The van der Waals surface area contributed by atoms with Crippen LogP contribution in [0.25, 0.3) is 0 Å². The lowest BCUT2D eigenvalue weighted by Crippen LogP contribution is -2.36. The first-order valence-electron chi connectivity index (χ1n) is 6.68. The fourth-order valence-electron chi connectivity index (χ4n) is 1.93. The van der Waals surface area contributed by atoms with Crippen molar-refractivity contribution in [2.45, 2.75) is 27.2 Å². The summed E-state index contributed by atoms with van der Waals surface area (Å²) in [6, 6.07) is 4.88. The molecule has 0 unspecified atom stereocenters. The Hall–Kier alpha value is -1.62. The smallest absolute Gasteiger partial charge is 0.253 e. The van der Waals surface area contributed by atoms with Crippen LogP contribution in [0.4, 0.5) is 0 Å². The molecule has 1 amide bonds. The van der Waals surface area contributed by atoms with Crippen molar-refractivity contribution in [2.24, 2.45) is 11.7 Å². The second-order valence-electron chi connectivity index (χ2n) is 5.36. The monoisotopic (exact) mass is 294 g/mol. The number of thiocarbonyl (C=S) groups is 1. The number of amides is 1. The van der Waals surface area contributed by atoms with Crippen molar-refractivity contribution in [1.82, 2.24) is 4.90 Å². The number of benzene rings is 1. The topological polar surface area (TPSA) is 66.6 Å². The summed E-state index contributed by atoms with van der Waals surface area (Å²) in [5, 5.41) is 9.53. The lowest BCUT2D eigenvalue weighted by molar-refractivity contribution is 0.0741. The Morgan fingerprint density at radius 1 is 1.45 bits per heavy atom. The van der Waals surface area contributed by atoms with Crippen LogP contribution in [-0.4, -0.2) is 34.0 Å². The molecule has 0 bridgehead atoms. The van der Waals surface area contributed by atoms with Crippen molar-refractivity contribution in [3.63, 3.8) is 0 Å². The van der Waals surface area contributed by atoms with E-state index in [0.717, 1.165) is 0 Å². The van der Waals surface area contributed by atoms with Gasteiger partial charge in [-0.2, -0.15) is 0 Å². The summed E-state index contributed by atoms with van der Waals surface area (Å²) in [6.45, 7) is 7.06. The molecule has 1 rings (SSSR count). The predicted octanol–water partition coefficient (Wildman–Crippen LogP) is 2.48. The fourth-order valence-corrected chi connectivity index (χ4v) is 2.02. The van der Waals surface area contributed by atoms with Gasteiger partial charge in [-0.25, -0.2) is 0 Å². The van der Waals surface area contributed by atoms with Gasteiger partial charge in [-0.05, 0) is 36.6 Å².